The van der Waals surface area contributed by atoms with Gasteiger partial charge in [0.05, 0.1) is 38.1 Å². The number of hydrogen-bond acceptors (Lipinski definition) is 7. The molecule has 180 valence electrons. The van der Waals surface area contributed by atoms with E-state index in [1.165, 1.54) is 25.3 Å². The molecule has 1 saturated heterocycles. The van der Waals surface area contributed by atoms with Crippen molar-refractivity contribution in [2.75, 3.05) is 31.8 Å². The maximum Gasteiger partial charge on any atom is 0.339 e. The number of methoxy groups -OCH3 is 1. The SMILES string of the molecule is CCCOc1ccc(N2C(=O)C(=O)N(CC(=O)c3cc(F)ccc3OC)C2=O)cc1OCCC. The van der Waals surface area contributed by atoms with Crippen LogP contribution in [0, 0.1) is 5.82 Å². The van der Waals surface area contributed by atoms with Crippen LogP contribution in [0.3, 0.4) is 0 Å². The van der Waals surface area contributed by atoms with Crippen molar-refractivity contribution < 1.29 is 37.8 Å². The third kappa shape index (κ3) is 5.00. The molecule has 9 nitrogen and oxygen atoms in total. The maximum atomic E-state index is 13.7. The Labute approximate surface area is 196 Å². The van der Waals surface area contributed by atoms with Gasteiger partial charge in [0.15, 0.2) is 17.3 Å². The summed E-state index contributed by atoms with van der Waals surface area (Å²) in [5.74, 6) is -2.90. The normalized spacial score (nSPS) is 13.5. The smallest absolute Gasteiger partial charge is 0.339 e. The van der Waals surface area contributed by atoms with Crippen molar-refractivity contribution in [3.63, 3.8) is 0 Å². The number of benzene rings is 2. The van der Waals surface area contributed by atoms with E-state index in [-0.39, 0.29) is 17.0 Å². The average Bonchev–Trinajstić information content (AvgIpc) is 3.04. The van der Waals surface area contributed by atoms with Crippen molar-refractivity contribution in [2.45, 2.75) is 26.7 Å². The van der Waals surface area contributed by atoms with E-state index in [4.69, 9.17) is 14.2 Å². The summed E-state index contributed by atoms with van der Waals surface area (Å²) in [6.45, 7) is 3.94. The van der Waals surface area contributed by atoms with Gasteiger partial charge in [-0.25, -0.2) is 19.0 Å². The van der Waals surface area contributed by atoms with Crippen molar-refractivity contribution in [2.24, 2.45) is 0 Å². The van der Waals surface area contributed by atoms with Gasteiger partial charge in [-0.1, -0.05) is 13.8 Å². The Morgan fingerprint density at radius 2 is 1.53 bits per heavy atom. The molecule has 3 rings (SSSR count). The van der Waals surface area contributed by atoms with Crippen LogP contribution in [0.25, 0.3) is 0 Å². The topological polar surface area (TPSA) is 102 Å². The molecule has 0 bridgehead atoms. The second-order valence-corrected chi connectivity index (χ2v) is 7.41. The van der Waals surface area contributed by atoms with E-state index in [1.54, 1.807) is 6.07 Å². The van der Waals surface area contributed by atoms with E-state index in [0.717, 1.165) is 25.0 Å². The fraction of sp³-hybridized carbons (Fsp3) is 0.333. The van der Waals surface area contributed by atoms with E-state index >= 15 is 0 Å². The molecule has 10 heteroatoms. The van der Waals surface area contributed by atoms with Crippen molar-refractivity contribution in [3.8, 4) is 17.2 Å². The molecule has 34 heavy (non-hydrogen) atoms. The van der Waals surface area contributed by atoms with E-state index in [9.17, 15) is 23.6 Å². The number of ketones is 1. The molecule has 1 fully saturated rings. The quantitative estimate of drug-likeness (QED) is 0.280. The number of ether oxygens (including phenoxy) is 3. The molecule has 0 atom stereocenters. The number of anilines is 1. The summed E-state index contributed by atoms with van der Waals surface area (Å²) in [6, 6.07) is 6.75. The first-order valence-corrected chi connectivity index (χ1v) is 10.8. The van der Waals surface area contributed by atoms with Crippen molar-refractivity contribution in [3.05, 3.63) is 47.8 Å². The van der Waals surface area contributed by atoms with Gasteiger partial charge in [-0.15, -0.1) is 0 Å². The molecule has 0 saturated carbocycles. The number of amides is 4. The molecule has 1 aliphatic heterocycles. The summed E-state index contributed by atoms with van der Waals surface area (Å²) in [5.41, 5.74) is -0.0572. The first-order chi connectivity index (χ1) is 16.3. The standard InChI is InChI=1S/C24H25FN2O7/c1-4-10-33-20-9-7-16(13-21(20)34-11-5-2)27-23(30)22(29)26(24(27)31)14-18(28)17-12-15(25)6-8-19(17)32-3/h6-9,12-13H,4-5,10-11,14H2,1-3H3. The highest BCUT2D eigenvalue weighted by molar-refractivity contribution is 6.53. The van der Waals surface area contributed by atoms with Gasteiger partial charge in [0.25, 0.3) is 0 Å². The van der Waals surface area contributed by atoms with Crippen LogP contribution >= 0.6 is 0 Å². The summed E-state index contributed by atoms with van der Waals surface area (Å²) >= 11 is 0. The van der Waals surface area contributed by atoms with Crippen LogP contribution in [0.1, 0.15) is 37.0 Å². The Kier molecular flexibility index (Phi) is 7.83. The lowest BCUT2D eigenvalue weighted by atomic mass is 10.1. The molecule has 0 aliphatic carbocycles. The highest BCUT2D eigenvalue weighted by Crippen LogP contribution is 2.34. The maximum absolute atomic E-state index is 13.7. The van der Waals surface area contributed by atoms with Crippen LogP contribution in [-0.4, -0.2) is 55.4 Å². The van der Waals surface area contributed by atoms with Gasteiger partial charge in [0.1, 0.15) is 11.6 Å². The van der Waals surface area contributed by atoms with Gasteiger partial charge < -0.3 is 14.2 Å². The summed E-state index contributed by atoms with van der Waals surface area (Å²) in [7, 11) is 1.30. The number of urea groups is 1. The van der Waals surface area contributed by atoms with E-state index < -0.39 is 36.0 Å². The Morgan fingerprint density at radius 1 is 0.882 bits per heavy atom. The van der Waals surface area contributed by atoms with Crippen LogP contribution in [0.2, 0.25) is 0 Å². The summed E-state index contributed by atoms with van der Waals surface area (Å²) in [6.07, 6.45) is 1.49. The largest absolute Gasteiger partial charge is 0.496 e. The number of hydrogen-bond donors (Lipinski definition) is 0. The van der Waals surface area contributed by atoms with Crippen molar-refractivity contribution in [1.82, 2.24) is 4.90 Å². The third-order valence-corrected chi connectivity index (χ3v) is 4.93. The van der Waals surface area contributed by atoms with Crippen LogP contribution < -0.4 is 19.1 Å². The number of rotatable bonds is 11. The monoisotopic (exact) mass is 472 g/mol. The van der Waals surface area contributed by atoms with Crippen LogP contribution in [0.4, 0.5) is 14.9 Å². The van der Waals surface area contributed by atoms with E-state index in [0.29, 0.717) is 34.5 Å². The second-order valence-electron chi connectivity index (χ2n) is 7.41. The zero-order valence-electron chi connectivity index (χ0n) is 19.1. The fourth-order valence-corrected chi connectivity index (χ4v) is 3.29. The van der Waals surface area contributed by atoms with Crippen molar-refractivity contribution in [1.29, 1.82) is 0 Å². The Hall–Kier alpha value is -3.95. The molecule has 4 amide bonds. The number of nitrogens with zero attached hydrogens (tertiary/aromatic N) is 2. The summed E-state index contributed by atoms with van der Waals surface area (Å²) in [5, 5.41) is 0. The van der Waals surface area contributed by atoms with Gasteiger partial charge in [-0.2, -0.15) is 0 Å². The number of Topliss-reactive ketones (excluding diaryl/α,β-unsaturated/α-hetero) is 1. The van der Waals surface area contributed by atoms with Gasteiger partial charge in [-0.05, 0) is 43.2 Å². The molecule has 0 N–H and O–H groups in total. The predicted molar refractivity (Wildman–Crippen MR) is 120 cm³/mol. The number of imide groups is 2. The minimum atomic E-state index is -1.17. The molecule has 0 aromatic heterocycles. The number of carbonyl (C=O) groups excluding carboxylic acids is 4. The van der Waals surface area contributed by atoms with Gasteiger partial charge >= 0.3 is 17.8 Å². The average molecular weight is 472 g/mol. The molecule has 2 aromatic rings. The first-order valence-electron chi connectivity index (χ1n) is 10.8. The van der Waals surface area contributed by atoms with Gasteiger partial charge in [-0.3, -0.25) is 14.4 Å². The number of halogens is 1. The van der Waals surface area contributed by atoms with Crippen LogP contribution in [-0.2, 0) is 9.59 Å². The highest BCUT2D eigenvalue weighted by atomic mass is 19.1. The Bertz CT molecular complexity index is 1120. The highest BCUT2D eigenvalue weighted by Gasteiger charge is 2.46. The van der Waals surface area contributed by atoms with Crippen molar-refractivity contribution >= 4 is 29.3 Å². The zero-order chi connectivity index (χ0) is 24.8. The molecule has 1 aliphatic rings. The minimum absolute atomic E-state index is 0.0778. The lowest BCUT2D eigenvalue weighted by Crippen LogP contribution is -2.37. The fourth-order valence-electron chi connectivity index (χ4n) is 3.29. The lowest BCUT2D eigenvalue weighted by Gasteiger charge is -2.18. The van der Waals surface area contributed by atoms with Gasteiger partial charge in [0, 0.05) is 6.07 Å². The molecule has 0 radical (unpaired) electrons. The second kappa shape index (κ2) is 10.8. The van der Waals surface area contributed by atoms with Crippen LogP contribution in [0.15, 0.2) is 36.4 Å². The molecular weight excluding hydrogens is 447 g/mol. The van der Waals surface area contributed by atoms with Gasteiger partial charge in [0.2, 0.25) is 0 Å². The third-order valence-electron chi connectivity index (χ3n) is 4.93. The lowest BCUT2D eigenvalue weighted by molar-refractivity contribution is -0.139. The molecule has 2 aromatic carbocycles. The minimum Gasteiger partial charge on any atom is -0.496 e. The summed E-state index contributed by atoms with van der Waals surface area (Å²) in [4.78, 5) is 52.1. The van der Waals surface area contributed by atoms with E-state index in [2.05, 4.69) is 0 Å². The first kappa shape index (κ1) is 24.7. The zero-order valence-corrected chi connectivity index (χ0v) is 19.1. The Morgan fingerprint density at radius 3 is 2.18 bits per heavy atom. The molecule has 1 heterocycles. The number of carbonyl (C=O) groups is 4. The predicted octanol–water partition coefficient (Wildman–Crippen LogP) is 3.59. The molecule has 0 spiro atoms. The molecular formula is C24H25FN2O7. The molecule has 0 unspecified atom stereocenters. The van der Waals surface area contributed by atoms with E-state index in [1.807, 2.05) is 13.8 Å². The summed E-state index contributed by atoms with van der Waals surface area (Å²) < 4.78 is 30.1. The van der Waals surface area contributed by atoms with Crippen LogP contribution in [0.5, 0.6) is 17.2 Å². The Balaban J connectivity index is 1.87.